The van der Waals surface area contributed by atoms with Crippen LogP contribution in [-0.4, -0.2) is 38.9 Å². The van der Waals surface area contributed by atoms with Gasteiger partial charge in [0.1, 0.15) is 0 Å². The fourth-order valence-corrected chi connectivity index (χ4v) is 4.22. The van der Waals surface area contributed by atoms with Crippen LogP contribution in [-0.2, 0) is 14.8 Å². The Bertz CT molecular complexity index is 748. The summed E-state index contributed by atoms with van der Waals surface area (Å²) in [7, 11) is -3.74. The van der Waals surface area contributed by atoms with Gasteiger partial charge in [-0.25, -0.2) is 13.1 Å². The molecule has 1 aliphatic heterocycles. The summed E-state index contributed by atoms with van der Waals surface area (Å²) < 4.78 is 26.8. The molecule has 1 saturated heterocycles. The number of benzene rings is 1. The lowest BCUT2D eigenvalue weighted by Crippen LogP contribution is -2.45. The molecule has 0 aromatic heterocycles. The summed E-state index contributed by atoms with van der Waals surface area (Å²) in [4.78, 5) is 14.2. The van der Waals surface area contributed by atoms with Crippen LogP contribution in [0.1, 0.15) is 31.2 Å². The van der Waals surface area contributed by atoms with Crippen LogP contribution in [0.2, 0.25) is 0 Å². The number of nitriles is 1. The molecule has 6 nitrogen and oxygen atoms in total. The molecular formula is C17H21N3O3S. The lowest BCUT2D eigenvalue weighted by Gasteiger charge is -2.33. The first-order chi connectivity index (χ1) is 11.5. The van der Waals surface area contributed by atoms with Crippen molar-refractivity contribution in [1.29, 1.82) is 5.26 Å². The maximum atomic E-state index is 12.3. The molecule has 7 heteroatoms. The van der Waals surface area contributed by atoms with Gasteiger partial charge in [0.05, 0.1) is 23.1 Å². The van der Waals surface area contributed by atoms with Crippen molar-refractivity contribution in [2.75, 3.05) is 19.6 Å². The highest BCUT2D eigenvalue weighted by Crippen LogP contribution is 2.40. The van der Waals surface area contributed by atoms with Gasteiger partial charge in [0.2, 0.25) is 15.9 Å². The molecule has 1 aromatic carbocycles. The summed E-state index contributed by atoms with van der Waals surface area (Å²) in [6.45, 7) is 1.24. The monoisotopic (exact) mass is 347 g/mol. The molecule has 3 rings (SSSR count). The first kappa shape index (κ1) is 16.9. The van der Waals surface area contributed by atoms with Crippen LogP contribution in [0.15, 0.2) is 29.2 Å². The molecule has 2 fully saturated rings. The number of likely N-dealkylation sites (tertiary alicyclic amines) is 1. The number of carbonyl (C=O) groups is 1. The highest BCUT2D eigenvalue weighted by molar-refractivity contribution is 7.89. The van der Waals surface area contributed by atoms with Crippen LogP contribution in [0.5, 0.6) is 0 Å². The minimum atomic E-state index is -3.74. The zero-order valence-electron chi connectivity index (χ0n) is 13.4. The number of nitrogens with one attached hydrogen (secondary N) is 1. The standard InChI is InChI=1S/C17H21N3O3S/c18-10-13-3-7-16(8-4-13)24(22,23)19-11-17(21)20-9-1-2-15(12-20)14-5-6-14/h3-4,7-8,14-15,19H,1-2,5-6,9,11-12H2/t15-/m0/s1. The molecule has 2 aliphatic rings. The minimum Gasteiger partial charge on any atom is -0.341 e. The highest BCUT2D eigenvalue weighted by Gasteiger charge is 2.35. The molecule has 0 bridgehead atoms. The molecule has 1 heterocycles. The van der Waals surface area contributed by atoms with E-state index in [2.05, 4.69) is 4.72 Å². The Kier molecular flexibility index (Phi) is 4.88. The van der Waals surface area contributed by atoms with E-state index in [1.54, 1.807) is 4.90 Å². The molecule has 128 valence electrons. The van der Waals surface area contributed by atoms with Crippen LogP contribution >= 0.6 is 0 Å². The number of piperidine rings is 1. The Morgan fingerprint density at radius 3 is 2.54 bits per heavy atom. The van der Waals surface area contributed by atoms with Crippen molar-refractivity contribution in [1.82, 2.24) is 9.62 Å². The lowest BCUT2D eigenvalue weighted by atomic mass is 9.93. The van der Waals surface area contributed by atoms with E-state index in [9.17, 15) is 13.2 Å². The van der Waals surface area contributed by atoms with Crippen LogP contribution in [0, 0.1) is 23.2 Å². The molecule has 1 N–H and O–H groups in total. The second-order valence-electron chi connectivity index (χ2n) is 6.54. The number of sulfonamides is 1. The minimum absolute atomic E-state index is 0.0591. The first-order valence-corrected chi connectivity index (χ1v) is 9.75. The van der Waals surface area contributed by atoms with Gasteiger partial charge in [-0.2, -0.15) is 5.26 Å². The summed E-state index contributed by atoms with van der Waals surface area (Å²) in [5.41, 5.74) is 0.393. The predicted molar refractivity (Wildman–Crippen MR) is 88.4 cm³/mol. The fourth-order valence-electron chi connectivity index (χ4n) is 3.25. The SMILES string of the molecule is N#Cc1ccc(S(=O)(=O)NCC(=O)N2CCC[C@H](C3CC3)C2)cc1. The van der Waals surface area contributed by atoms with Crippen LogP contribution in [0.4, 0.5) is 0 Å². The molecule has 1 saturated carbocycles. The first-order valence-electron chi connectivity index (χ1n) is 8.27. The van der Waals surface area contributed by atoms with Crippen LogP contribution < -0.4 is 4.72 Å². The molecule has 1 amide bonds. The van der Waals surface area contributed by atoms with Crippen molar-refractivity contribution in [3.05, 3.63) is 29.8 Å². The maximum absolute atomic E-state index is 12.3. The van der Waals surface area contributed by atoms with Crippen molar-refractivity contribution >= 4 is 15.9 Å². The summed E-state index contributed by atoms with van der Waals surface area (Å²) in [5, 5.41) is 8.75. The van der Waals surface area contributed by atoms with E-state index in [1.165, 1.54) is 43.5 Å². The number of nitrogens with zero attached hydrogens (tertiary/aromatic N) is 2. The molecule has 1 aromatic rings. The second-order valence-corrected chi connectivity index (χ2v) is 8.31. The fraction of sp³-hybridized carbons (Fsp3) is 0.529. The van der Waals surface area contributed by atoms with Gasteiger partial charge in [0.25, 0.3) is 0 Å². The molecule has 0 radical (unpaired) electrons. The highest BCUT2D eigenvalue weighted by atomic mass is 32.2. The smallest absolute Gasteiger partial charge is 0.241 e. The third kappa shape index (κ3) is 3.94. The Balaban J connectivity index is 1.57. The second kappa shape index (κ2) is 6.91. The van der Waals surface area contributed by atoms with Crippen molar-refractivity contribution in [3.63, 3.8) is 0 Å². The van der Waals surface area contributed by atoms with Gasteiger partial charge in [-0.3, -0.25) is 4.79 Å². The average Bonchev–Trinajstić information content (AvgIpc) is 3.45. The number of amides is 1. The number of carbonyl (C=O) groups excluding carboxylic acids is 1. The largest absolute Gasteiger partial charge is 0.341 e. The zero-order chi connectivity index (χ0) is 17.2. The third-order valence-corrected chi connectivity index (χ3v) is 6.22. The van der Waals surface area contributed by atoms with Gasteiger partial charge in [-0.15, -0.1) is 0 Å². The zero-order valence-corrected chi connectivity index (χ0v) is 14.3. The van der Waals surface area contributed by atoms with E-state index in [-0.39, 0.29) is 17.3 Å². The molecule has 1 aliphatic carbocycles. The van der Waals surface area contributed by atoms with Gasteiger partial charge in [-0.1, -0.05) is 0 Å². The van der Waals surface area contributed by atoms with Gasteiger partial charge in [-0.05, 0) is 61.8 Å². The Hall–Kier alpha value is -1.91. The van der Waals surface area contributed by atoms with E-state index in [0.717, 1.165) is 18.9 Å². The Labute approximate surface area is 142 Å². The Morgan fingerprint density at radius 1 is 1.21 bits per heavy atom. The number of hydrogen-bond acceptors (Lipinski definition) is 4. The van der Waals surface area contributed by atoms with Crippen LogP contribution in [0.3, 0.4) is 0 Å². The maximum Gasteiger partial charge on any atom is 0.241 e. The van der Waals surface area contributed by atoms with Crippen molar-refractivity contribution in [2.24, 2.45) is 11.8 Å². The lowest BCUT2D eigenvalue weighted by molar-refractivity contribution is -0.131. The van der Waals surface area contributed by atoms with Crippen LogP contribution in [0.25, 0.3) is 0 Å². The van der Waals surface area contributed by atoms with E-state index in [0.29, 0.717) is 18.0 Å². The molecule has 1 atom stereocenters. The molecule has 0 unspecified atom stereocenters. The quantitative estimate of drug-likeness (QED) is 0.873. The summed E-state index contributed by atoms with van der Waals surface area (Å²) in [5.74, 6) is 1.17. The normalized spacial score (nSPS) is 21.3. The van der Waals surface area contributed by atoms with Gasteiger partial charge >= 0.3 is 0 Å². The number of rotatable bonds is 5. The van der Waals surface area contributed by atoms with E-state index < -0.39 is 10.0 Å². The van der Waals surface area contributed by atoms with E-state index >= 15 is 0 Å². The third-order valence-electron chi connectivity index (χ3n) is 4.81. The van der Waals surface area contributed by atoms with Gasteiger partial charge in [0.15, 0.2) is 0 Å². The van der Waals surface area contributed by atoms with E-state index in [1.807, 2.05) is 6.07 Å². The predicted octanol–water partition coefficient (Wildman–Crippen LogP) is 1.49. The van der Waals surface area contributed by atoms with Crippen molar-refractivity contribution < 1.29 is 13.2 Å². The summed E-state index contributed by atoms with van der Waals surface area (Å²) in [6, 6.07) is 7.57. The molecule has 24 heavy (non-hydrogen) atoms. The average molecular weight is 347 g/mol. The number of hydrogen-bond donors (Lipinski definition) is 1. The molecular weight excluding hydrogens is 326 g/mol. The summed E-state index contributed by atoms with van der Waals surface area (Å²) >= 11 is 0. The van der Waals surface area contributed by atoms with Crippen molar-refractivity contribution in [2.45, 2.75) is 30.6 Å². The van der Waals surface area contributed by atoms with Crippen molar-refractivity contribution in [3.8, 4) is 6.07 Å². The van der Waals surface area contributed by atoms with E-state index in [4.69, 9.17) is 5.26 Å². The van der Waals surface area contributed by atoms with Gasteiger partial charge < -0.3 is 4.90 Å². The Morgan fingerprint density at radius 2 is 1.92 bits per heavy atom. The molecule has 0 spiro atoms. The summed E-state index contributed by atoms with van der Waals surface area (Å²) in [6.07, 6.45) is 4.69. The topological polar surface area (TPSA) is 90.3 Å². The van der Waals surface area contributed by atoms with Gasteiger partial charge in [0, 0.05) is 13.1 Å².